The lowest BCUT2D eigenvalue weighted by atomic mass is 9.83. The number of hydrogen-bond acceptors (Lipinski definition) is 4. The van der Waals surface area contributed by atoms with Gasteiger partial charge in [0.1, 0.15) is 6.42 Å². The van der Waals surface area contributed by atoms with Crippen molar-refractivity contribution in [3.8, 4) is 0 Å². The van der Waals surface area contributed by atoms with Crippen LogP contribution >= 0.6 is 0 Å². The smallest absolute Gasteiger partial charge is 0.366 e. The topological polar surface area (TPSA) is 53.7 Å². The SMILES string of the molecule is O=C(CC(F)(F)F)N1CCC12CCN(c1ccnn3ccnc13)C2. The number of halogens is 3. The zero-order valence-corrected chi connectivity index (χ0v) is 12.8. The van der Waals surface area contributed by atoms with E-state index in [9.17, 15) is 18.0 Å². The summed E-state index contributed by atoms with van der Waals surface area (Å²) in [7, 11) is 0. The number of carbonyl (C=O) groups excluding carboxylic acids is 1. The largest absolute Gasteiger partial charge is 0.397 e. The minimum absolute atomic E-state index is 0.401. The molecule has 6 nitrogen and oxygen atoms in total. The third-order valence-corrected chi connectivity index (χ3v) is 4.97. The molecule has 2 aromatic rings. The molecule has 0 N–H and O–H groups in total. The summed E-state index contributed by atoms with van der Waals surface area (Å²) < 4.78 is 39.2. The molecule has 24 heavy (non-hydrogen) atoms. The van der Waals surface area contributed by atoms with E-state index >= 15 is 0 Å². The Labute approximate surface area is 135 Å². The quantitative estimate of drug-likeness (QED) is 0.838. The van der Waals surface area contributed by atoms with E-state index in [0.717, 1.165) is 12.1 Å². The maximum Gasteiger partial charge on any atom is 0.397 e. The highest BCUT2D eigenvalue weighted by molar-refractivity contribution is 5.79. The predicted octanol–water partition coefficient (Wildman–Crippen LogP) is 1.86. The van der Waals surface area contributed by atoms with Crippen molar-refractivity contribution < 1.29 is 18.0 Å². The second-order valence-corrected chi connectivity index (χ2v) is 6.40. The number of likely N-dealkylation sites (tertiary alicyclic amines) is 1. The van der Waals surface area contributed by atoms with Crippen LogP contribution in [-0.4, -0.2) is 56.8 Å². The van der Waals surface area contributed by atoms with Crippen molar-refractivity contribution in [2.24, 2.45) is 0 Å². The van der Waals surface area contributed by atoms with Crippen LogP contribution in [-0.2, 0) is 4.79 Å². The van der Waals surface area contributed by atoms with E-state index in [2.05, 4.69) is 15.0 Å². The maximum absolute atomic E-state index is 12.5. The van der Waals surface area contributed by atoms with Gasteiger partial charge in [-0.05, 0) is 18.9 Å². The van der Waals surface area contributed by atoms with Gasteiger partial charge in [-0.3, -0.25) is 4.79 Å². The number of anilines is 1. The predicted molar refractivity (Wildman–Crippen MR) is 79.6 cm³/mol. The monoisotopic (exact) mass is 339 g/mol. The van der Waals surface area contributed by atoms with Gasteiger partial charge in [0.2, 0.25) is 5.91 Å². The molecule has 0 saturated carbocycles. The summed E-state index contributed by atoms with van der Waals surface area (Å²) in [5, 5.41) is 4.17. The van der Waals surface area contributed by atoms with Crippen molar-refractivity contribution in [1.82, 2.24) is 19.5 Å². The van der Waals surface area contributed by atoms with Gasteiger partial charge >= 0.3 is 6.18 Å². The Balaban J connectivity index is 1.54. The van der Waals surface area contributed by atoms with Gasteiger partial charge in [-0.25, -0.2) is 9.50 Å². The lowest BCUT2D eigenvalue weighted by Crippen LogP contribution is -2.63. The van der Waals surface area contributed by atoms with Gasteiger partial charge in [0.05, 0.1) is 17.4 Å². The Bertz CT molecular complexity index is 789. The average Bonchev–Trinajstić information content (AvgIpc) is 3.12. The first-order chi connectivity index (χ1) is 11.4. The molecular formula is C15H16F3N5O. The normalized spacial score (nSPS) is 24.0. The van der Waals surface area contributed by atoms with Crippen LogP contribution in [0.4, 0.5) is 18.9 Å². The summed E-state index contributed by atoms with van der Waals surface area (Å²) >= 11 is 0. The Morgan fingerprint density at radius 1 is 1.25 bits per heavy atom. The zero-order chi connectivity index (χ0) is 16.9. The van der Waals surface area contributed by atoms with Gasteiger partial charge in [-0.15, -0.1) is 0 Å². The Hall–Kier alpha value is -2.32. The molecule has 1 amide bonds. The molecule has 128 valence electrons. The van der Waals surface area contributed by atoms with Gasteiger partial charge in [-0.1, -0.05) is 0 Å². The van der Waals surface area contributed by atoms with Gasteiger partial charge in [0, 0.05) is 32.0 Å². The molecule has 4 rings (SSSR count). The highest BCUT2D eigenvalue weighted by atomic mass is 19.4. The van der Waals surface area contributed by atoms with Gasteiger partial charge in [-0.2, -0.15) is 18.3 Å². The number of hydrogen-bond donors (Lipinski definition) is 0. The maximum atomic E-state index is 12.5. The standard InChI is InChI=1S/C15H16F3N5O/c16-15(17,18)9-12(24)22-7-3-14(22)2-6-21(10-14)11-1-4-20-23-8-5-19-13(11)23/h1,4-5,8H,2-3,6-7,9-10H2. The lowest BCUT2D eigenvalue weighted by Gasteiger charge is -2.50. The van der Waals surface area contributed by atoms with Gasteiger partial charge in [0.15, 0.2) is 5.65 Å². The number of imidazole rings is 1. The first kappa shape index (κ1) is 15.2. The van der Waals surface area contributed by atoms with Crippen molar-refractivity contribution in [3.63, 3.8) is 0 Å². The van der Waals surface area contributed by atoms with Crippen LogP contribution in [0, 0.1) is 0 Å². The Morgan fingerprint density at radius 3 is 2.75 bits per heavy atom. The average molecular weight is 339 g/mol. The molecule has 1 spiro atoms. The van der Waals surface area contributed by atoms with Crippen LogP contribution in [0.25, 0.3) is 5.65 Å². The van der Waals surface area contributed by atoms with Crippen molar-refractivity contribution in [1.29, 1.82) is 0 Å². The molecule has 1 atom stereocenters. The number of alkyl halides is 3. The van der Waals surface area contributed by atoms with Crippen LogP contribution in [0.3, 0.4) is 0 Å². The van der Waals surface area contributed by atoms with Crippen LogP contribution in [0.1, 0.15) is 19.3 Å². The van der Waals surface area contributed by atoms with Crippen molar-refractivity contribution >= 4 is 17.2 Å². The molecule has 2 saturated heterocycles. The van der Waals surface area contributed by atoms with Gasteiger partial charge < -0.3 is 9.80 Å². The fourth-order valence-electron chi connectivity index (χ4n) is 3.75. The highest BCUT2D eigenvalue weighted by Crippen LogP contribution is 2.42. The third kappa shape index (κ3) is 2.38. The second-order valence-electron chi connectivity index (χ2n) is 6.40. The molecular weight excluding hydrogens is 323 g/mol. The fourth-order valence-corrected chi connectivity index (χ4v) is 3.75. The molecule has 0 aliphatic carbocycles. The lowest BCUT2D eigenvalue weighted by molar-refractivity contribution is -0.171. The van der Waals surface area contributed by atoms with Crippen molar-refractivity contribution in [2.75, 3.05) is 24.5 Å². The van der Waals surface area contributed by atoms with E-state index in [1.807, 2.05) is 6.07 Å². The molecule has 2 fully saturated rings. The minimum Gasteiger partial charge on any atom is -0.366 e. The number of carbonyl (C=O) groups is 1. The molecule has 1 unspecified atom stereocenters. The van der Waals surface area contributed by atoms with E-state index in [1.54, 1.807) is 23.1 Å². The number of aromatic nitrogens is 3. The van der Waals surface area contributed by atoms with Crippen LogP contribution in [0.15, 0.2) is 24.7 Å². The number of fused-ring (bicyclic) bond motifs is 1. The molecule has 2 aromatic heterocycles. The first-order valence-electron chi connectivity index (χ1n) is 7.79. The van der Waals surface area contributed by atoms with Crippen LogP contribution in [0.5, 0.6) is 0 Å². The first-order valence-corrected chi connectivity index (χ1v) is 7.79. The molecule has 2 aliphatic rings. The number of rotatable bonds is 2. The summed E-state index contributed by atoms with van der Waals surface area (Å²) in [6.07, 6.45) is 0.637. The molecule has 2 aliphatic heterocycles. The van der Waals surface area contributed by atoms with Crippen LogP contribution in [0.2, 0.25) is 0 Å². The molecule has 0 radical (unpaired) electrons. The molecule has 0 bridgehead atoms. The minimum atomic E-state index is -4.46. The summed E-state index contributed by atoms with van der Waals surface area (Å²) in [5.74, 6) is -0.823. The summed E-state index contributed by atoms with van der Waals surface area (Å²) in [5.41, 5.74) is 1.12. The van der Waals surface area contributed by atoms with E-state index in [4.69, 9.17) is 0 Å². The Morgan fingerprint density at radius 2 is 2.04 bits per heavy atom. The molecule has 0 aromatic carbocycles. The van der Waals surface area contributed by atoms with Crippen LogP contribution < -0.4 is 4.90 Å². The highest BCUT2D eigenvalue weighted by Gasteiger charge is 2.52. The zero-order valence-electron chi connectivity index (χ0n) is 12.8. The second kappa shape index (κ2) is 5.09. The van der Waals surface area contributed by atoms with E-state index < -0.39 is 24.0 Å². The van der Waals surface area contributed by atoms with E-state index in [1.165, 1.54) is 4.90 Å². The van der Waals surface area contributed by atoms with Gasteiger partial charge in [0.25, 0.3) is 0 Å². The number of nitrogens with zero attached hydrogens (tertiary/aromatic N) is 5. The van der Waals surface area contributed by atoms with Crippen molar-refractivity contribution in [3.05, 3.63) is 24.7 Å². The Kier molecular flexibility index (Phi) is 3.23. The summed E-state index contributed by atoms with van der Waals surface area (Å²) in [6.45, 7) is 1.61. The third-order valence-electron chi connectivity index (χ3n) is 4.97. The summed E-state index contributed by atoms with van der Waals surface area (Å²) in [6, 6.07) is 1.85. The van der Waals surface area contributed by atoms with Crippen molar-refractivity contribution in [2.45, 2.75) is 31.0 Å². The summed E-state index contributed by atoms with van der Waals surface area (Å²) in [4.78, 5) is 19.8. The molecule has 4 heterocycles. The van der Waals surface area contributed by atoms with E-state index in [0.29, 0.717) is 31.7 Å². The van der Waals surface area contributed by atoms with E-state index in [-0.39, 0.29) is 0 Å². The fraction of sp³-hybridized carbons (Fsp3) is 0.533. The number of amides is 1. The molecule has 9 heteroatoms.